The van der Waals surface area contributed by atoms with Crippen molar-refractivity contribution in [2.75, 3.05) is 31.1 Å². The zero-order chi connectivity index (χ0) is 26.1. The summed E-state index contributed by atoms with van der Waals surface area (Å²) in [7, 11) is 2.79. The molecular weight excluding hydrogens is 557 g/mol. The number of nitrogens with zero attached hydrogens (tertiary/aromatic N) is 7. The monoisotopic (exact) mass is 579 g/mol. The minimum Gasteiger partial charge on any atom is -0.494 e. The van der Waals surface area contributed by atoms with Gasteiger partial charge in [0.2, 0.25) is 5.95 Å². The van der Waals surface area contributed by atoms with Crippen LogP contribution in [-0.2, 0) is 7.05 Å². The van der Waals surface area contributed by atoms with Gasteiger partial charge < -0.3 is 15.4 Å². The number of fused-ring (bicyclic) bond motifs is 1. The average molecular weight is 580 g/mol. The topological polar surface area (TPSA) is 125 Å². The van der Waals surface area contributed by atoms with E-state index in [1.54, 1.807) is 48.9 Å². The van der Waals surface area contributed by atoms with Crippen LogP contribution in [0.1, 0.15) is 0 Å². The molecule has 0 amide bonds. The number of nitrogens with one attached hydrogen (secondary N) is 2. The Hall–Kier alpha value is -3.89. The van der Waals surface area contributed by atoms with Gasteiger partial charge in [0.1, 0.15) is 17.3 Å². The van der Waals surface area contributed by atoms with E-state index in [1.165, 1.54) is 17.7 Å². The highest BCUT2D eigenvalue weighted by Crippen LogP contribution is 2.34. The molecule has 0 saturated heterocycles. The molecule has 0 radical (unpaired) electrons. The van der Waals surface area contributed by atoms with Crippen molar-refractivity contribution in [3.63, 3.8) is 0 Å². The Morgan fingerprint density at radius 3 is 2.57 bits per heavy atom. The van der Waals surface area contributed by atoms with Crippen LogP contribution in [0.3, 0.4) is 0 Å². The SMILES string of the molecule is COc1cc(=O)n(-c2cnn(C)c2)cc1Nc1ncc(Br)c(Nc2ccc3nccnc3c2P(C)C)n1. The molecule has 0 spiro atoms. The molecule has 0 aliphatic heterocycles. The first-order valence-electron chi connectivity index (χ1n) is 11.1. The van der Waals surface area contributed by atoms with Gasteiger partial charge in [-0.05, 0) is 41.4 Å². The molecule has 4 heterocycles. The first kappa shape index (κ1) is 24.8. The summed E-state index contributed by atoms with van der Waals surface area (Å²) in [5.74, 6) is 1.25. The molecular formula is C24H23BrN9O2P. The van der Waals surface area contributed by atoms with E-state index >= 15 is 0 Å². The van der Waals surface area contributed by atoms with E-state index in [4.69, 9.17) is 4.74 Å². The molecule has 11 nitrogen and oxygen atoms in total. The quantitative estimate of drug-likeness (QED) is 0.276. The van der Waals surface area contributed by atoms with Crippen LogP contribution < -0.4 is 26.2 Å². The van der Waals surface area contributed by atoms with Crippen molar-refractivity contribution in [2.24, 2.45) is 7.05 Å². The number of pyridine rings is 1. The number of hydrogen-bond acceptors (Lipinski definition) is 9. The highest BCUT2D eigenvalue weighted by molar-refractivity contribution is 9.10. The normalized spacial score (nSPS) is 11.2. The third-order valence-corrected chi connectivity index (χ3v) is 7.44. The fraction of sp³-hybridized carbons (Fsp3) is 0.167. The van der Waals surface area contributed by atoms with E-state index < -0.39 is 7.92 Å². The number of hydrogen-bond donors (Lipinski definition) is 2. The number of anilines is 4. The third kappa shape index (κ3) is 5.03. The van der Waals surface area contributed by atoms with Crippen molar-refractivity contribution in [3.05, 3.63) is 70.2 Å². The molecule has 37 heavy (non-hydrogen) atoms. The first-order chi connectivity index (χ1) is 17.8. The molecule has 1 aromatic carbocycles. The van der Waals surface area contributed by atoms with Crippen LogP contribution in [0.25, 0.3) is 16.7 Å². The van der Waals surface area contributed by atoms with Gasteiger partial charge in [-0.3, -0.25) is 24.0 Å². The highest BCUT2D eigenvalue weighted by Gasteiger charge is 2.16. The van der Waals surface area contributed by atoms with Crippen molar-refractivity contribution in [1.29, 1.82) is 0 Å². The van der Waals surface area contributed by atoms with Crippen molar-refractivity contribution in [1.82, 2.24) is 34.3 Å². The van der Waals surface area contributed by atoms with Crippen LogP contribution in [0.15, 0.2) is 64.6 Å². The number of halogens is 1. The number of methoxy groups -OCH3 is 1. The minimum absolute atomic E-state index is 0.253. The molecule has 5 rings (SSSR count). The third-order valence-electron chi connectivity index (χ3n) is 5.51. The molecule has 0 bridgehead atoms. The van der Waals surface area contributed by atoms with Crippen LogP contribution in [0.4, 0.5) is 23.1 Å². The van der Waals surface area contributed by atoms with Crippen LogP contribution in [0.5, 0.6) is 5.75 Å². The van der Waals surface area contributed by atoms with E-state index in [0.717, 1.165) is 22.0 Å². The summed E-state index contributed by atoms with van der Waals surface area (Å²) in [6.45, 7) is 4.35. The second kappa shape index (κ2) is 10.2. The summed E-state index contributed by atoms with van der Waals surface area (Å²) in [4.78, 5) is 30.7. The molecule has 5 aromatic rings. The number of ether oxygens (including phenoxy) is 1. The van der Waals surface area contributed by atoms with Gasteiger partial charge >= 0.3 is 0 Å². The maximum Gasteiger partial charge on any atom is 0.259 e. The number of aromatic nitrogens is 7. The van der Waals surface area contributed by atoms with E-state index in [-0.39, 0.29) is 5.56 Å². The molecule has 2 N–H and O–H groups in total. The summed E-state index contributed by atoms with van der Waals surface area (Å²) in [5.41, 5.74) is 3.51. The minimum atomic E-state index is -0.498. The Labute approximate surface area is 221 Å². The average Bonchev–Trinajstić information content (AvgIpc) is 3.32. The second-order valence-electron chi connectivity index (χ2n) is 8.26. The Balaban J connectivity index is 1.51. The molecule has 0 aliphatic carbocycles. The van der Waals surface area contributed by atoms with Crippen LogP contribution >= 0.6 is 23.9 Å². The number of benzene rings is 1. The van der Waals surface area contributed by atoms with E-state index in [0.29, 0.717) is 33.4 Å². The molecule has 0 fully saturated rings. The van der Waals surface area contributed by atoms with E-state index in [2.05, 4.69) is 64.9 Å². The largest absolute Gasteiger partial charge is 0.494 e. The van der Waals surface area contributed by atoms with E-state index in [9.17, 15) is 4.79 Å². The lowest BCUT2D eigenvalue weighted by Crippen LogP contribution is -2.18. The maximum absolute atomic E-state index is 12.7. The molecule has 0 atom stereocenters. The molecule has 0 saturated carbocycles. The van der Waals surface area contributed by atoms with Gasteiger partial charge in [-0.1, -0.05) is 7.92 Å². The smallest absolute Gasteiger partial charge is 0.259 e. The van der Waals surface area contributed by atoms with Gasteiger partial charge in [0.25, 0.3) is 5.56 Å². The predicted octanol–water partition coefficient (Wildman–Crippen LogP) is 3.93. The molecule has 4 aromatic heterocycles. The summed E-state index contributed by atoms with van der Waals surface area (Å²) in [6, 6.07) is 5.33. The van der Waals surface area contributed by atoms with Gasteiger partial charge in [0.15, 0.2) is 0 Å². The lowest BCUT2D eigenvalue weighted by Gasteiger charge is -2.17. The van der Waals surface area contributed by atoms with Crippen molar-refractivity contribution >= 4 is 63.3 Å². The van der Waals surface area contributed by atoms with Crippen LogP contribution in [-0.4, -0.2) is 54.7 Å². The Kier molecular flexibility index (Phi) is 6.86. The number of rotatable bonds is 7. The van der Waals surface area contributed by atoms with Gasteiger partial charge in [0.05, 0.1) is 34.5 Å². The van der Waals surface area contributed by atoms with Crippen molar-refractivity contribution in [2.45, 2.75) is 0 Å². The standard InChI is InChI=1S/C24H23BrN9O2P/c1-33-12-14(10-29-33)34-13-18(19(36-2)9-20(34)35)31-24-28-11-15(25)23(32-24)30-17-6-5-16-21(22(17)37(3)4)27-8-7-26-16/h5-13H,1-4H3,(H2,28,30,31,32). The zero-order valence-corrected chi connectivity index (χ0v) is 22.9. The number of aryl methyl sites for hydroxylation is 1. The van der Waals surface area contributed by atoms with E-state index in [1.807, 2.05) is 12.1 Å². The van der Waals surface area contributed by atoms with Gasteiger partial charge in [-0.15, -0.1) is 0 Å². The molecule has 0 aliphatic rings. The van der Waals surface area contributed by atoms with Crippen molar-refractivity contribution in [3.8, 4) is 11.4 Å². The molecule has 0 unspecified atom stereocenters. The van der Waals surface area contributed by atoms with Gasteiger partial charge in [-0.25, -0.2) is 4.98 Å². The first-order valence-corrected chi connectivity index (χ1v) is 14.1. The van der Waals surface area contributed by atoms with Gasteiger partial charge in [-0.2, -0.15) is 10.1 Å². The maximum atomic E-state index is 12.7. The fourth-order valence-electron chi connectivity index (χ4n) is 3.85. The second-order valence-corrected chi connectivity index (χ2v) is 11.3. The summed E-state index contributed by atoms with van der Waals surface area (Å²) >= 11 is 3.55. The molecule has 188 valence electrons. The summed E-state index contributed by atoms with van der Waals surface area (Å²) < 4.78 is 9.23. The molecule has 13 heteroatoms. The Bertz CT molecular complexity index is 1670. The lowest BCUT2D eigenvalue weighted by atomic mass is 10.2. The van der Waals surface area contributed by atoms with Gasteiger partial charge in [0, 0.05) is 55.1 Å². The Morgan fingerprint density at radius 2 is 1.84 bits per heavy atom. The highest BCUT2D eigenvalue weighted by atomic mass is 79.9. The van der Waals surface area contributed by atoms with Crippen molar-refractivity contribution < 1.29 is 4.74 Å². The zero-order valence-electron chi connectivity index (χ0n) is 20.5. The lowest BCUT2D eigenvalue weighted by molar-refractivity contribution is 0.415. The predicted molar refractivity (Wildman–Crippen MR) is 150 cm³/mol. The Morgan fingerprint density at radius 1 is 1.03 bits per heavy atom. The van der Waals surface area contributed by atoms with Crippen LogP contribution in [0, 0.1) is 0 Å². The van der Waals surface area contributed by atoms with Crippen LogP contribution in [0.2, 0.25) is 0 Å². The summed E-state index contributed by atoms with van der Waals surface area (Å²) in [6.07, 6.45) is 10.0. The fourth-order valence-corrected chi connectivity index (χ4v) is 5.35. The summed E-state index contributed by atoms with van der Waals surface area (Å²) in [5, 5.41) is 11.9.